The van der Waals surface area contributed by atoms with Crippen molar-refractivity contribution in [3.05, 3.63) is 11.9 Å². The van der Waals surface area contributed by atoms with Crippen LogP contribution in [0.5, 0.6) is 0 Å². The molecule has 21 heavy (non-hydrogen) atoms. The normalized spacial score (nSPS) is 10.9. The molecule has 6 heteroatoms. The quantitative estimate of drug-likeness (QED) is 0.612. The third kappa shape index (κ3) is 7.82. The van der Waals surface area contributed by atoms with E-state index in [9.17, 15) is 0 Å². The first kappa shape index (κ1) is 17.7. The van der Waals surface area contributed by atoms with E-state index in [-0.39, 0.29) is 0 Å². The van der Waals surface area contributed by atoms with E-state index < -0.39 is 0 Å². The van der Waals surface area contributed by atoms with Gasteiger partial charge in [-0.25, -0.2) is 9.97 Å². The minimum Gasteiger partial charge on any atom is -0.379 e. The van der Waals surface area contributed by atoms with Crippen molar-refractivity contribution in [2.45, 2.75) is 46.3 Å². The summed E-state index contributed by atoms with van der Waals surface area (Å²) in [6.07, 6.45) is 2.40. The predicted octanol–water partition coefficient (Wildman–Crippen LogP) is 2.67. The van der Waals surface area contributed by atoms with Crippen LogP contribution in [0.4, 0.5) is 11.6 Å². The Hall–Kier alpha value is -1.40. The van der Waals surface area contributed by atoms with Gasteiger partial charge in [0.2, 0.25) is 0 Å². The number of unbranched alkanes of at least 4 members (excludes halogenated alkanes) is 1. The molecule has 0 aliphatic rings. The number of anilines is 2. The van der Waals surface area contributed by atoms with Crippen molar-refractivity contribution < 1.29 is 9.47 Å². The molecule has 1 rings (SSSR count). The Morgan fingerprint density at radius 3 is 2.48 bits per heavy atom. The lowest BCUT2D eigenvalue weighted by Gasteiger charge is -2.11. The fraction of sp³-hybridized carbons (Fsp3) is 0.733. The van der Waals surface area contributed by atoms with E-state index >= 15 is 0 Å². The van der Waals surface area contributed by atoms with Gasteiger partial charge in [0, 0.05) is 32.9 Å². The molecular formula is C15H28N4O2. The molecule has 0 fully saturated rings. The average molecular weight is 296 g/mol. The first-order chi connectivity index (χ1) is 10.2. The Bertz CT molecular complexity index is 375. The first-order valence-corrected chi connectivity index (χ1v) is 7.62. The highest BCUT2D eigenvalue weighted by Crippen LogP contribution is 2.12. The predicted molar refractivity (Wildman–Crippen MR) is 85.7 cm³/mol. The number of aromatic nitrogens is 2. The largest absolute Gasteiger partial charge is 0.379 e. The van der Waals surface area contributed by atoms with Crippen molar-refractivity contribution in [3.63, 3.8) is 0 Å². The van der Waals surface area contributed by atoms with Gasteiger partial charge in [-0.1, -0.05) is 0 Å². The molecule has 0 aliphatic carbocycles. The second kappa shape index (κ2) is 10.3. The van der Waals surface area contributed by atoms with Crippen LogP contribution < -0.4 is 10.6 Å². The van der Waals surface area contributed by atoms with Crippen molar-refractivity contribution in [2.75, 3.05) is 37.4 Å². The highest BCUT2D eigenvalue weighted by atomic mass is 16.5. The van der Waals surface area contributed by atoms with Crippen molar-refractivity contribution in [1.29, 1.82) is 0 Å². The van der Waals surface area contributed by atoms with Gasteiger partial charge in [0.05, 0.1) is 6.10 Å². The molecule has 0 aliphatic heterocycles. The number of hydrogen-bond donors (Lipinski definition) is 2. The molecule has 120 valence electrons. The molecule has 1 aromatic rings. The Morgan fingerprint density at radius 2 is 1.86 bits per heavy atom. The number of methoxy groups -OCH3 is 1. The van der Waals surface area contributed by atoms with Crippen LogP contribution >= 0.6 is 0 Å². The Morgan fingerprint density at radius 1 is 1.14 bits per heavy atom. The smallest absolute Gasteiger partial charge is 0.158 e. The summed E-state index contributed by atoms with van der Waals surface area (Å²) in [4.78, 5) is 8.82. The zero-order chi connectivity index (χ0) is 15.5. The zero-order valence-electron chi connectivity index (χ0n) is 13.6. The molecular weight excluding hydrogens is 268 g/mol. The zero-order valence-corrected chi connectivity index (χ0v) is 13.6. The summed E-state index contributed by atoms with van der Waals surface area (Å²) in [6.45, 7) is 9.07. The van der Waals surface area contributed by atoms with Gasteiger partial charge in [0.25, 0.3) is 0 Å². The van der Waals surface area contributed by atoms with Crippen LogP contribution in [0, 0.1) is 0 Å². The third-order valence-electron chi connectivity index (χ3n) is 2.73. The monoisotopic (exact) mass is 296 g/mol. The molecule has 1 aromatic heterocycles. The van der Waals surface area contributed by atoms with Crippen molar-refractivity contribution >= 4 is 11.6 Å². The van der Waals surface area contributed by atoms with E-state index in [0.29, 0.717) is 18.5 Å². The van der Waals surface area contributed by atoms with Gasteiger partial charge < -0.3 is 20.1 Å². The Kier molecular flexibility index (Phi) is 8.69. The van der Waals surface area contributed by atoms with Crippen LogP contribution in [0.3, 0.4) is 0 Å². The molecule has 0 unspecified atom stereocenters. The van der Waals surface area contributed by atoms with Crippen LogP contribution in [0.1, 0.15) is 39.4 Å². The molecule has 0 bridgehead atoms. The van der Waals surface area contributed by atoms with Crippen LogP contribution in [0.2, 0.25) is 0 Å². The van der Waals surface area contributed by atoms with Crippen molar-refractivity contribution in [2.24, 2.45) is 0 Å². The van der Waals surface area contributed by atoms with Crippen LogP contribution in [-0.2, 0) is 16.1 Å². The first-order valence-electron chi connectivity index (χ1n) is 7.62. The van der Waals surface area contributed by atoms with Crippen molar-refractivity contribution in [3.8, 4) is 0 Å². The number of hydrogen-bond acceptors (Lipinski definition) is 6. The van der Waals surface area contributed by atoms with Gasteiger partial charge in [-0.15, -0.1) is 0 Å². The maximum absolute atomic E-state index is 5.52. The summed E-state index contributed by atoms with van der Waals surface area (Å²) in [5, 5.41) is 6.53. The van der Waals surface area contributed by atoms with E-state index in [1.165, 1.54) is 0 Å². The number of nitrogens with zero attached hydrogens (tertiary/aromatic N) is 2. The Labute approximate surface area is 127 Å². The maximum Gasteiger partial charge on any atom is 0.158 e. The maximum atomic E-state index is 5.52. The van der Waals surface area contributed by atoms with Crippen LogP contribution in [-0.4, -0.2) is 42.9 Å². The number of rotatable bonds is 11. The summed E-state index contributed by atoms with van der Waals surface area (Å²) in [6, 6.07) is 1.92. The second-order valence-corrected chi connectivity index (χ2v) is 5.07. The highest BCUT2D eigenvalue weighted by Gasteiger charge is 2.04. The number of nitrogens with one attached hydrogen (secondary N) is 2. The van der Waals surface area contributed by atoms with Crippen molar-refractivity contribution in [1.82, 2.24) is 9.97 Å². The minimum absolute atomic E-state index is 0.305. The van der Waals surface area contributed by atoms with E-state index in [4.69, 9.17) is 9.47 Å². The Balaban J connectivity index is 2.41. The molecule has 0 atom stereocenters. The summed E-state index contributed by atoms with van der Waals surface area (Å²) < 4.78 is 10.6. The van der Waals surface area contributed by atoms with E-state index in [1.807, 2.05) is 13.0 Å². The van der Waals surface area contributed by atoms with Gasteiger partial charge in [-0.3, -0.25) is 0 Å². The van der Waals surface area contributed by atoms with Gasteiger partial charge in [-0.05, 0) is 33.6 Å². The van der Waals surface area contributed by atoms with Gasteiger partial charge >= 0.3 is 0 Å². The number of ether oxygens (including phenoxy) is 2. The van der Waals surface area contributed by atoms with Gasteiger partial charge in [0.1, 0.15) is 18.2 Å². The molecule has 0 saturated heterocycles. The lowest BCUT2D eigenvalue weighted by atomic mass is 10.3. The van der Waals surface area contributed by atoms with Gasteiger partial charge in [0.15, 0.2) is 5.82 Å². The molecule has 0 spiro atoms. The summed E-state index contributed by atoms with van der Waals surface area (Å²) in [7, 11) is 1.64. The molecule has 0 radical (unpaired) electrons. The molecule has 6 nitrogen and oxygen atoms in total. The summed E-state index contributed by atoms with van der Waals surface area (Å²) >= 11 is 0. The van der Waals surface area contributed by atoms with Crippen LogP contribution in [0.25, 0.3) is 0 Å². The minimum atomic E-state index is 0.305. The molecule has 0 amide bonds. The molecule has 2 N–H and O–H groups in total. The lowest BCUT2D eigenvalue weighted by Crippen LogP contribution is -2.10. The average Bonchev–Trinajstić information content (AvgIpc) is 2.43. The molecule has 0 aromatic carbocycles. The van der Waals surface area contributed by atoms with E-state index in [1.54, 1.807) is 7.11 Å². The lowest BCUT2D eigenvalue weighted by molar-refractivity contribution is 0.0765. The van der Waals surface area contributed by atoms with Gasteiger partial charge in [-0.2, -0.15) is 0 Å². The fourth-order valence-electron chi connectivity index (χ4n) is 1.82. The second-order valence-electron chi connectivity index (χ2n) is 5.07. The SMILES string of the molecule is CCNc1cc(NCCCCOC(C)C)nc(COC)n1. The molecule has 0 saturated carbocycles. The highest BCUT2D eigenvalue weighted by molar-refractivity contribution is 5.47. The summed E-state index contributed by atoms with van der Waals surface area (Å²) in [5.41, 5.74) is 0. The van der Waals surface area contributed by atoms with Crippen LogP contribution in [0.15, 0.2) is 6.07 Å². The molecule has 1 heterocycles. The topological polar surface area (TPSA) is 68.3 Å². The standard InChI is InChI=1S/C15H28N4O2/c1-5-16-13-10-14(19-15(18-13)11-20-4)17-8-6-7-9-21-12(2)3/h10,12H,5-9,11H2,1-4H3,(H2,16,17,18,19). The van der Waals surface area contributed by atoms with E-state index in [2.05, 4.69) is 34.4 Å². The third-order valence-corrected chi connectivity index (χ3v) is 2.73. The summed E-state index contributed by atoms with van der Waals surface area (Å²) in [5.74, 6) is 2.34. The van der Waals surface area contributed by atoms with E-state index in [0.717, 1.165) is 44.2 Å². The fourth-order valence-corrected chi connectivity index (χ4v) is 1.82.